The van der Waals surface area contributed by atoms with Gasteiger partial charge in [-0.1, -0.05) is 13.8 Å². The molecule has 106 valence electrons. The van der Waals surface area contributed by atoms with Gasteiger partial charge in [-0.2, -0.15) is 5.26 Å². The van der Waals surface area contributed by atoms with Crippen molar-refractivity contribution in [1.82, 2.24) is 0 Å². The molecule has 0 fully saturated rings. The zero-order valence-electron chi connectivity index (χ0n) is 11.2. The van der Waals surface area contributed by atoms with E-state index in [2.05, 4.69) is 0 Å². The van der Waals surface area contributed by atoms with Gasteiger partial charge in [-0.3, -0.25) is 0 Å². The molecule has 3 N–H and O–H groups in total. The molecule has 5 nitrogen and oxygen atoms in total. The Labute approximate surface area is 112 Å². The van der Waals surface area contributed by atoms with Crippen molar-refractivity contribution in [1.29, 1.82) is 5.26 Å². The Kier molecular flexibility index (Phi) is 5.33. The highest BCUT2D eigenvalue weighted by Gasteiger charge is 2.39. The summed E-state index contributed by atoms with van der Waals surface area (Å²) < 4.78 is 37.4. The Morgan fingerprint density at radius 1 is 1.37 bits per heavy atom. The predicted molar refractivity (Wildman–Crippen MR) is 71.0 cm³/mol. The number of nitrogens with two attached hydrogens (primary N) is 1. The number of aromatic hydroxyl groups is 1. The molecule has 7 heteroatoms. The van der Waals surface area contributed by atoms with E-state index in [4.69, 9.17) is 11.0 Å². The van der Waals surface area contributed by atoms with Gasteiger partial charge in [0.15, 0.2) is 5.75 Å². The molecule has 0 heterocycles. The first-order chi connectivity index (χ1) is 8.63. The fraction of sp³-hybridized carbons (Fsp3) is 0.417. The van der Waals surface area contributed by atoms with E-state index in [1.807, 2.05) is 13.8 Å². The molecule has 0 aliphatic heterocycles. The zero-order valence-corrected chi connectivity index (χ0v) is 12.0. The van der Waals surface area contributed by atoms with Crippen LogP contribution in [0.1, 0.15) is 33.3 Å². The maximum atomic E-state index is 13.6. The second-order valence-electron chi connectivity index (χ2n) is 3.86. The van der Waals surface area contributed by atoms with Crippen LogP contribution in [0.4, 0.5) is 10.1 Å². The van der Waals surface area contributed by atoms with Crippen LogP contribution in [0.25, 0.3) is 0 Å². The van der Waals surface area contributed by atoms with Crippen LogP contribution in [0.5, 0.6) is 5.75 Å². The minimum absolute atomic E-state index is 0.230. The van der Waals surface area contributed by atoms with Crippen LogP contribution in [0.15, 0.2) is 17.0 Å². The van der Waals surface area contributed by atoms with Gasteiger partial charge in [0.05, 0.1) is 11.3 Å². The second-order valence-corrected chi connectivity index (χ2v) is 6.24. The van der Waals surface area contributed by atoms with Crippen LogP contribution in [0.2, 0.25) is 0 Å². The first-order valence-electron chi connectivity index (χ1n) is 5.58. The van der Waals surface area contributed by atoms with Crippen LogP contribution in [-0.4, -0.2) is 18.5 Å². The number of benzene rings is 1. The molecule has 0 amide bonds. The summed E-state index contributed by atoms with van der Waals surface area (Å²) in [6, 6.07) is 3.88. The molecule has 1 rings (SSSR count). The van der Waals surface area contributed by atoms with Crippen molar-refractivity contribution in [3.8, 4) is 11.8 Å². The number of sulfone groups is 1. The minimum Gasteiger partial charge on any atom is -0.504 e. The van der Waals surface area contributed by atoms with E-state index in [1.165, 1.54) is 6.07 Å². The molecule has 0 saturated heterocycles. The van der Waals surface area contributed by atoms with Crippen LogP contribution >= 0.6 is 0 Å². The Morgan fingerprint density at radius 2 is 1.84 bits per heavy atom. The molecule has 0 unspecified atom stereocenters. The lowest BCUT2D eigenvalue weighted by Crippen LogP contribution is -2.27. The molecule has 0 aliphatic rings. The number of alkyl halides is 1. The molecule has 0 radical (unpaired) electrons. The van der Waals surface area contributed by atoms with Gasteiger partial charge in [0.25, 0.3) is 0 Å². The predicted octanol–water partition coefficient (Wildman–Crippen LogP) is 2.35. The van der Waals surface area contributed by atoms with Gasteiger partial charge in [-0.15, -0.1) is 0 Å². The Balaban J connectivity index is 0.00000154. The average Bonchev–Trinajstić information content (AvgIpc) is 2.33. The van der Waals surface area contributed by atoms with Crippen LogP contribution in [0.3, 0.4) is 0 Å². The normalized spacial score (nSPS) is 11.2. The lowest BCUT2D eigenvalue weighted by molar-refractivity contribution is 0.318. The highest BCUT2D eigenvalue weighted by molar-refractivity contribution is 7.92. The topological polar surface area (TPSA) is 104 Å². The summed E-state index contributed by atoms with van der Waals surface area (Å²) in [5.74, 6) is -0.797. The first kappa shape index (κ1) is 17.2. The van der Waals surface area contributed by atoms with Crippen molar-refractivity contribution < 1.29 is 17.9 Å². The van der Waals surface area contributed by atoms with Crippen LogP contribution in [0, 0.1) is 11.3 Å². The fourth-order valence-electron chi connectivity index (χ4n) is 1.19. The SMILES string of the molecule is CC.CC(C)(F)S(=O)(=O)c1c(C#N)ccc(N)c1O. The number of hydrogen-bond donors (Lipinski definition) is 2. The Hall–Kier alpha value is -1.81. The van der Waals surface area contributed by atoms with Crippen LogP contribution in [-0.2, 0) is 9.84 Å². The Morgan fingerprint density at radius 3 is 2.21 bits per heavy atom. The van der Waals surface area contributed by atoms with E-state index < -0.39 is 25.5 Å². The zero-order chi connectivity index (χ0) is 15.4. The smallest absolute Gasteiger partial charge is 0.217 e. The van der Waals surface area contributed by atoms with E-state index in [-0.39, 0.29) is 11.3 Å². The van der Waals surface area contributed by atoms with E-state index in [0.29, 0.717) is 0 Å². The number of rotatable bonds is 2. The van der Waals surface area contributed by atoms with Gasteiger partial charge in [-0.05, 0) is 26.0 Å². The molecule has 0 aliphatic carbocycles. The number of nitriles is 1. The molecule has 0 saturated carbocycles. The monoisotopic (exact) mass is 288 g/mol. The molecular weight excluding hydrogens is 271 g/mol. The number of phenols is 1. The number of hydrogen-bond acceptors (Lipinski definition) is 5. The first-order valence-corrected chi connectivity index (χ1v) is 7.06. The van der Waals surface area contributed by atoms with Gasteiger partial charge in [0, 0.05) is 0 Å². The molecule has 19 heavy (non-hydrogen) atoms. The third kappa shape index (κ3) is 3.15. The summed E-state index contributed by atoms with van der Waals surface area (Å²) in [7, 11) is -4.49. The van der Waals surface area contributed by atoms with Crippen molar-refractivity contribution in [2.45, 2.75) is 37.6 Å². The summed E-state index contributed by atoms with van der Waals surface area (Å²) in [6.45, 7) is 5.65. The molecule has 1 aromatic rings. The quantitative estimate of drug-likeness (QED) is 0.642. The van der Waals surface area contributed by atoms with Gasteiger partial charge in [0.1, 0.15) is 11.0 Å². The largest absolute Gasteiger partial charge is 0.504 e. The van der Waals surface area contributed by atoms with Crippen molar-refractivity contribution >= 4 is 15.5 Å². The standard InChI is InChI=1S/C10H11FN2O3S.C2H6/c1-10(2,11)17(15,16)9-6(5-12)3-4-7(13)8(9)14;1-2/h3-4,14H,13H2,1-2H3;1-2H3. The number of anilines is 1. The van der Waals surface area contributed by atoms with Crippen LogP contribution < -0.4 is 5.73 Å². The van der Waals surface area contributed by atoms with E-state index in [1.54, 1.807) is 6.07 Å². The lowest BCUT2D eigenvalue weighted by Gasteiger charge is -2.17. The lowest BCUT2D eigenvalue weighted by atomic mass is 10.2. The average molecular weight is 288 g/mol. The fourth-order valence-corrected chi connectivity index (χ4v) is 2.45. The summed E-state index contributed by atoms with van der Waals surface area (Å²) in [6.07, 6.45) is 0. The molecular formula is C12H17FN2O3S. The highest BCUT2D eigenvalue weighted by atomic mass is 32.2. The third-order valence-corrected chi connectivity index (χ3v) is 4.42. The van der Waals surface area contributed by atoms with Gasteiger partial charge < -0.3 is 10.8 Å². The van der Waals surface area contributed by atoms with E-state index >= 15 is 0 Å². The summed E-state index contributed by atoms with van der Waals surface area (Å²) in [5.41, 5.74) is 4.76. The number of halogens is 1. The molecule has 1 aromatic carbocycles. The van der Waals surface area contributed by atoms with E-state index in [0.717, 1.165) is 19.9 Å². The second kappa shape index (κ2) is 5.89. The third-order valence-electron chi connectivity index (χ3n) is 2.19. The Bertz CT molecular complexity index is 599. The summed E-state index contributed by atoms with van der Waals surface area (Å²) in [5, 5.41) is 15.7. The van der Waals surface area contributed by atoms with Crippen molar-refractivity contribution in [2.75, 3.05) is 5.73 Å². The number of phenolic OH excluding ortho intramolecular Hbond substituents is 1. The number of nitrogens with zero attached hydrogens (tertiary/aromatic N) is 1. The highest BCUT2D eigenvalue weighted by Crippen LogP contribution is 2.37. The van der Waals surface area contributed by atoms with Crippen molar-refractivity contribution in [3.63, 3.8) is 0 Å². The molecule has 0 aromatic heterocycles. The van der Waals surface area contributed by atoms with Gasteiger partial charge in [-0.25, -0.2) is 12.8 Å². The van der Waals surface area contributed by atoms with E-state index in [9.17, 15) is 17.9 Å². The summed E-state index contributed by atoms with van der Waals surface area (Å²) in [4.78, 5) is -0.771. The number of nitrogen functional groups attached to an aromatic ring is 1. The minimum atomic E-state index is -4.49. The van der Waals surface area contributed by atoms with Gasteiger partial charge in [0.2, 0.25) is 14.8 Å². The maximum absolute atomic E-state index is 13.6. The molecule has 0 spiro atoms. The molecule has 0 atom stereocenters. The maximum Gasteiger partial charge on any atom is 0.217 e. The summed E-state index contributed by atoms with van der Waals surface area (Å²) >= 11 is 0. The van der Waals surface area contributed by atoms with Crippen molar-refractivity contribution in [3.05, 3.63) is 17.7 Å². The van der Waals surface area contributed by atoms with Gasteiger partial charge >= 0.3 is 0 Å². The molecule has 0 bridgehead atoms. The van der Waals surface area contributed by atoms with Crippen molar-refractivity contribution in [2.24, 2.45) is 0 Å².